The number of benzene rings is 2. The van der Waals surface area contributed by atoms with Gasteiger partial charge in [0, 0.05) is 11.0 Å². The highest BCUT2D eigenvalue weighted by Crippen LogP contribution is 2.20. The summed E-state index contributed by atoms with van der Waals surface area (Å²) >= 11 is 3.18. The zero-order valence-electron chi connectivity index (χ0n) is 12.8. The number of halogens is 3. The first-order valence-corrected chi connectivity index (χ1v) is 7.83. The highest BCUT2D eigenvalue weighted by Gasteiger charge is 2.17. The summed E-state index contributed by atoms with van der Waals surface area (Å²) in [7, 11) is 3.71. The molecule has 1 amide bonds. The number of hydrogen-bond acceptors (Lipinski definition) is 2. The minimum absolute atomic E-state index is 0.172. The van der Waals surface area contributed by atoms with E-state index in [4.69, 9.17) is 0 Å². The average molecular weight is 383 g/mol. The highest BCUT2D eigenvalue weighted by atomic mass is 79.9. The van der Waals surface area contributed by atoms with Crippen LogP contribution in [0.4, 0.5) is 8.78 Å². The van der Waals surface area contributed by atoms with E-state index in [0.717, 1.165) is 5.56 Å². The van der Waals surface area contributed by atoms with Crippen LogP contribution in [-0.2, 0) is 0 Å². The van der Waals surface area contributed by atoms with Crippen LogP contribution < -0.4 is 5.32 Å². The smallest absolute Gasteiger partial charge is 0.252 e. The Morgan fingerprint density at radius 3 is 2.48 bits per heavy atom. The molecule has 0 aliphatic heterocycles. The minimum atomic E-state index is -0.417. The Kier molecular flexibility index (Phi) is 5.85. The van der Waals surface area contributed by atoms with Gasteiger partial charge in [-0.2, -0.15) is 0 Å². The average Bonchev–Trinajstić information content (AvgIpc) is 2.47. The molecule has 1 unspecified atom stereocenters. The first kappa shape index (κ1) is 17.6. The van der Waals surface area contributed by atoms with E-state index in [-0.39, 0.29) is 17.8 Å². The quantitative estimate of drug-likeness (QED) is 0.853. The molecule has 23 heavy (non-hydrogen) atoms. The number of rotatable bonds is 5. The van der Waals surface area contributed by atoms with Gasteiger partial charge in [-0.05, 0) is 65.9 Å². The molecule has 0 aromatic heterocycles. The van der Waals surface area contributed by atoms with Gasteiger partial charge in [-0.1, -0.05) is 12.1 Å². The predicted molar refractivity (Wildman–Crippen MR) is 89.3 cm³/mol. The van der Waals surface area contributed by atoms with E-state index in [1.807, 2.05) is 25.1 Å². The number of nitrogens with one attached hydrogen (secondary N) is 1. The fourth-order valence-electron chi connectivity index (χ4n) is 2.27. The lowest BCUT2D eigenvalue weighted by atomic mass is 10.1. The van der Waals surface area contributed by atoms with E-state index >= 15 is 0 Å². The van der Waals surface area contributed by atoms with Crippen molar-refractivity contribution in [2.75, 3.05) is 20.6 Å². The monoisotopic (exact) mass is 382 g/mol. The van der Waals surface area contributed by atoms with Gasteiger partial charge < -0.3 is 10.2 Å². The zero-order chi connectivity index (χ0) is 17.0. The summed E-state index contributed by atoms with van der Waals surface area (Å²) in [5.41, 5.74) is 1.12. The molecule has 2 aromatic rings. The van der Waals surface area contributed by atoms with Crippen molar-refractivity contribution < 1.29 is 13.6 Å². The predicted octanol–water partition coefficient (Wildman–Crippen LogP) is 3.76. The molecule has 0 saturated carbocycles. The van der Waals surface area contributed by atoms with Crippen LogP contribution >= 0.6 is 15.9 Å². The number of carbonyl (C=O) groups excluding carboxylic acids is 1. The first-order chi connectivity index (χ1) is 10.9. The van der Waals surface area contributed by atoms with E-state index in [1.165, 1.54) is 30.3 Å². The van der Waals surface area contributed by atoms with Crippen LogP contribution in [0.5, 0.6) is 0 Å². The van der Waals surface area contributed by atoms with Crippen molar-refractivity contribution in [1.82, 2.24) is 10.2 Å². The molecule has 1 atom stereocenters. The second-order valence-corrected chi connectivity index (χ2v) is 6.22. The molecule has 3 nitrogen and oxygen atoms in total. The molecule has 0 spiro atoms. The molecule has 0 radical (unpaired) electrons. The van der Waals surface area contributed by atoms with E-state index in [0.29, 0.717) is 16.6 Å². The van der Waals surface area contributed by atoms with Crippen molar-refractivity contribution >= 4 is 21.8 Å². The Bertz CT molecular complexity index is 707. The normalized spacial score (nSPS) is 12.3. The Hall–Kier alpha value is -1.79. The van der Waals surface area contributed by atoms with Gasteiger partial charge in [0.15, 0.2) is 0 Å². The molecule has 122 valence electrons. The Morgan fingerprint density at radius 1 is 1.17 bits per heavy atom. The Balaban J connectivity index is 2.11. The molecule has 0 fully saturated rings. The molecular formula is C17H17BrF2N2O. The fraction of sp³-hybridized carbons (Fsp3) is 0.235. The summed E-state index contributed by atoms with van der Waals surface area (Å²) in [4.78, 5) is 14.1. The lowest BCUT2D eigenvalue weighted by molar-refractivity contribution is 0.0941. The van der Waals surface area contributed by atoms with Gasteiger partial charge >= 0.3 is 0 Å². The van der Waals surface area contributed by atoms with Crippen molar-refractivity contribution in [1.29, 1.82) is 0 Å². The molecular weight excluding hydrogens is 366 g/mol. The van der Waals surface area contributed by atoms with Crippen molar-refractivity contribution in [2.24, 2.45) is 0 Å². The summed E-state index contributed by atoms with van der Waals surface area (Å²) in [5.74, 6) is -1.05. The maximum atomic E-state index is 13.4. The third kappa shape index (κ3) is 4.59. The van der Waals surface area contributed by atoms with Gasteiger partial charge in [-0.25, -0.2) is 8.78 Å². The highest BCUT2D eigenvalue weighted by molar-refractivity contribution is 9.10. The molecule has 6 heteroatoms. The van der Waals surface area contributed by atoms with Gasteiger partial charge in [0.1, 0.15) is 11.6 Å². The first-order valence-electron chi connectivity index (χ1n) is 7.03. The van der Waals surface area contributed by atoms with Gasteiger partial charge in [-0.3, -0.25) is 4.79 Å². The summed E-state index contributed by atoms with van der Waals surface area (Å²) in [6, 6.07) is 10.00. The number of amides is 1. The van der Waals surface area contributed by atoms with Crippen LogP contribution in [0.3, 0.4) is 0 Å². The van der Waals surface area contributed by atoms with Crippen molar-refractivity contribution in [2.45, 2.75) is 6.04 Å². The molecule has 0 saturated heterocycles. The molecule has 0 heterocycles. The summed E-state index contributed by atoms with van der Waals surface area (Å²) < 4.78 is 26.9. The zero-order valence-corrected chi connectivity index (χ0v) is 14.4. The van der Waals surface area contributed by atoms with Crippen LogP contribution in [0.2, 0.25) is 0 Å². The Labute approximate surface area is 142 Å². The van der Waals surface area contributed by atoms with Gasteiger partial charge in [-0.15, -0.1) is 0 Å². The van der Waals surface area contributed by atoms with Gasteiger partial charge in [0.25, 0.3) is 5.91 Å². The van der Waals surface area contributed by atoms with Crippen LogP contribution in [-0.4, -0.2) is 31.4 Å². The van der Waals surface area contributed by atoms with Crippen LogP contribution in [0.1, 0.15) is 22.0 Å². The lowest BCUT2D eigenvalue weighted by Gasteiger charge is -2.25. The van der Waals surface area contributed by atoms with Crippen LogP contribution in [0, 0.1) is 11.6 Å². The fourth-order valence-corrected chi connectivity index (χ4v) is 2.80. The third-order valence-corrected chi connectivity index (χ3v) is 4.14. The second-order valence-electron chi connectivity index (χ2n) is 5.37. The molecule has 2 aromatic carbocycles. The summed E-state index contributed by atoms with van der Waals surface area (Å²) in [6.45, 7) is 0.305. The van der Waals surface area contributed by atoms with E-state index < -0.39 is 5.82 Å². The summed E-state index contributed by atoms with van der Waals surface area (Å²) in [6.07, 6.45) is 0. The molecule has 0 bridgehead atoms. The standard InChI is InChI=1S/C17H17BrF2N2O/c1-22(2)16(11-4-3-5-12(19)8-11)10-21-17(23)14-7-6-13(20)9-15(14)18/h3-9,16H,10H2,1-2H3,(H,21,23). The maximum Gasteiger partial charge on any atom is 0.252 e. The minimum Gasteiger partial charge on any atom is -0.350 e. The molecule has 0 aliphatic carbocycles. The SMILES string of the molecule is CN(C)C(CNC(=O)c1ccc(F)cc1Br)c1cccc(F)c1. The number of nitrogens with zero attached hydrogens (tertiary/aromatic N) is 1. The molecule has 2 rings (SSSR count). The van der Waals surface area contributed by atoms with Crippen molar-refractivity contribution in [3.8, 4) is 0 Å². The number of likely N-dealkylation sites (N-methyl/N-ethyl adjacent to an activating group) is 1. The summed E-state index contributed by atoms with van der Waals surface area (Å²) in [5, 5.41) is 2.80. The van der Waals surface area contributed by atoms with Gasteiger partial charge in [0.2, 0.25) is 0 Å². The largest absolute Gasteiger partial charge is 0.350 e. The van der Waals surface area contributed by atoms with Crippen molar-refractivity contribution in [3.63, 3.8) is 0 Å². The molecule has 1 N–H and O–H groups in total. The second kappa shape index (κ2) is 7.66. The number of hydrogen-bond donors (Lipinski definition) is 1. The third-order valence-electron chi connectivity index (χ3n) is 3.49. The van der Waals surface area contributed by atoms with Crippen molar-refractivity contribution in [3.05, 3.63) is 69.7 Å². The van der Waals surface area contributed by atoms with Gasteiger partial charge in [0.05, 0.1) is 11.6 Å². The van der Waals surface area contributed by atoms with Crippen LogP contribution in [0.15, 0.2) is 46.9 Å². The lowest BCUT2D eigenvalue weighted by Crippen LogP contribution is -2.34. The van der Waals surface area contributed by atoms with E-state index in [1.54, 1.807) is 6.07 Å². The Morgan fingerprint density at radius 2 is 1.87 bits per heavy atom. The number of carbonyl (C=O) groups is 1. The van der Waals surface area contributed by atoms with E-state index in [9.17, 15) is 13.6 Å². The maximum absolute atomic E-state index is 13.4. The van der Waals surface area contributed by atoms with Crippen LogP contribution in [0.25, 0.3) is 0 Å². The van der Waals surface area contributed by atoms with E-state index in [2.05, 4.69) is 21.2 Å². The topological polar surface area (TPSA) is 32.3 Å². The molecule has 0 aliphatic rings.